The average molecular weight is 357 g/mol. The minimum Gasteiger partial charge on any atom is -0.383 e. The maximum absolute atomic E-state index is 11.3. The third kappa shape index (κ3) is 3.94. The monoisotopic (exact) mass is 357 g/mol. The van der Waals surface area contributed by atoms with E-state index in [9.17, 15) is 10.1 Å². The number of likely N-dealkylation sites (N-methyl/N-ethyl adjacent to an activating group) is 1. The van der Waals surface area contributed by atoms with Gasteiger partial charge in [0.25, 0.3) is 5.69 Å². The minimum atomic E-state index is -0.367. The van der Waals surface area contributed by atoms with Crippen LogP contribution >= 0.6 is 0 Å². The molecule has 0 bridgehead atoms. The summed E-state index contributed by atoms with van der Waals surface area (Å²) in [7, 11) is 0. The Kier molecular flexibility index (Phi) is 5.68. The highest BCUT2D eigenvalue weighted by atomic mass is 16.6. The number of rotatable bonds is 6. The van der Waals surface area contributed by atoms with Crippen molar-refractivity contribution in [1.82, 2.24) is 14.8 Å². The molecule has 2 aromatic rings. The van der Waals surface area contributed by atoms with Crippen LogP contribution in [-0.2, 0) is 0 Å². The fraction of sp³-hybridized carbons (Fsp3) is 0.526. The number of fused-ring (bicyclic) bond motifs is 1. The van der Waals surface area contributed by atoms with Crippen molar-refractivity contribution in [2.24, 2.45) is 0 Å². The number of hydrogen-bond acceptors (Lipinski definition) is 6. The number of nitrogens with zero attached hydrogens (tertiary/aromatic N) is 4. The Labute approximate surface area is 154 Å². The van der Waals surface area contributed by atoms with E-state index in [1.165, 1.54) is 6.07 Å². The Bertz CT molecular complexity index is 787. The molecule has 1 N–H and O–H groups in total. The molecule has 0 saturated carbocycles. The van der Waals surface area contributed by atoms with Crippen LogP contribution in [0.15, 0.2) is 24.3 Å². The summed E-state index contributed by atoms with van der Waals surface area (Å²) in [6.45, 7) is 12.6. The first kappa shape index (κ1) is 18.5. The van der Waals surface area contributed by atoms with Gasteiger partial charge >= 0.3 is 0 Å². The maximum Gasteiger partial charge on any atom is 0.295 e. The third-order valence-corrected chi connectivity index (χ3v) is 5.21. The van der Waals surface area contributed by atoms with E-state index in [1.54, 1.807) is 6.07 Å². The molecule has 1 aromatic heterocycles. The summed E-state index contributed by atoms with van der Waals surface area (Å²) < 4.78 is 0. The summed E-state index contributed by atoms with van der Waals surface area (Å²) >= 11 is 0. The number of hydrogen-bond donors (Lipinski definition) is 1. The van der Waals surface area contributed by atoms with E-state index in [-0.39, 0.29) is 10.6 Å². The Morgan fingerprint density at radius 2 is 2.04 bits per heavy atom. The molecule has 3 rings (SSSR count). The molecule has 1 saturated heterocycles. The molecule has 0 amide bonds. The summed E-state index contributed by atoms with van der Waals surface area (Å²) in [6.07, 6.45) is 0. The summed E-state index contributed by atoms with van der Waals surface area (Å²) in [5, 5.41) is 15.6. The molecule has 2 heterocycles. The first-order valence-electron chi connectivity index (χ1n) is 9.24. The lowest BCUT2D eigenvalue weighted by Crippen LogP contribution is -2.51. The summed E-state index contributed by atoms with van der Waals surface area (Å²) in [4.78, 5) is 20.3. The van der Waals surface area contributed by atoms with Gasteiger partial charge in [0.05, 0.1) is 4.92 Å². The number of aryl methyl sites for hydroxylation is 1. The van der Waals surface area contributed by atoms with E-state index >= 15 is 0 Å². The van der Waals surface area contributed by atoms with Gasteiger partial charge in [0.2, 0.25) is 0 Å². The van der Waals surface area contributed by atoms with E-state index in [0.29, 0.717) is 11.6 Å². The molecule has 1 unspecified atom stereocenters. The molecule has 1 aliphatic rings. The zero-order chi connectivity index (χ0) is 18.7. The minimum absolute atomic E-state index is 0.0537. The molecule has 1 aliphatic heterocycles. The van der Waals surface area contributed by atoms with Crippen molar-refractivity contribution in [1.29, 1.82) is 0 Å². The predicted octanol–water partition coefficient (Wildman–Crippen LogP) is 2.89. The third-order valence-electron chi connectivity index (χ3n) is 5.21. The van der Waals surface area contributed by atoms with E-state index in [0.717, 1.165) is 56.0 Å². The van der Waals surface area contributed by atoms with Gasteiger partial charge in [-0.3, -0.25) is 15.0 Å². The molecular formula is C19H27N5O2. The van der Waals surface area contributed by atoms with Gasteiger partial charge in [0.15, 0.2) is 5.52 Å². The van der Waals surface area contributed by atoms with Crippen LogP contribution in [-0.4, -0.2) is 65.0 Å². The largest absolute Gasteiger partial charge is 0.383 e. The summed E-state index contributed by atoms with van der Waals surface area (Å²) in [5.41, 5.74) is 2.19. The van der Waals surface area contributed by atoms with Gasteiger partial charge in [0, 0.05) is 61.6 Å². The Balaban J connectivity index is 1.75. The van der Waals surface area contributed by atoms with E-state index in [4.69, 9.17) is 0 Å². The molecule has 26 heavy (non-hydrogen) atoms. The topological polar surface area (TPSA) is 74.5 Å². The van der Waals surface area contributed by atoms with Crippen molar-refractivity contribution in [2.45, 2.75) is 26.8 Å². The Morgan fingerprint density at radius 3 is 2.69 bits per heavy atom. The number of benzene rings is 1. The van der Waals surface area contributed by atoms with Gasteiger partial charge in [-0.1, -0.05) is 19.1 Å². The zero-order valence-electron chi connectivity index (χ0n) is 15.7. The van der Waals surface area contributed by atoms with Crippen molar-refractivity contribution >= 4 is 22.3 Å². The molecule has 1 aromatic carbocycles. The van der Waals surface area contributed by atoms with Gasteiger partial charge in [0.1, 0.15) is 0 Å². The molecule has 1 fully saturated rings. The number of nitrogens with one attached hydrogen (secondary N) is 1. The smallest absolute Gasteiger partial charge is 0.295 e. The molecule has 7 nitrogen and oxygen atoms in total. The van der Waals surface area contributed by atoms with Crippen LogP contribution in [0.5, 0.6) is 0 Å². The number of pyridine rings is 1. The summed E-state index contributed by atoms with van der Waals surface area (Å²) in [5.74, 6) is 0. The number of anilines is 1. The number of aromatic nitrogens is 1. The Hall–Kier alpha value is -2.25. The summed E-state index contributed by atoms with van der Waals surface area (Å²) in [6, 6.07) is 7.48. The van der Waals surface area contributed by atoms with E-state index in [1.807, 2.05) is 19.1 Å². The molecule has 0 aliphatic carbocycles. The lowest BCUT2D eigenvalue weighted by Gasteiger charge is -2.37. The van der Waals surface area contributed by atoms with Crippen molar-refractivity contribution in [3.05, 3.63) is 40.1 Å². The molecule has 0 spiro atoms. The number of non-ortho nitro benzene ring substituents is 1. The van der Waals surface area contributed by atoms with Crippen LogP contribution < -0.4 is 5.32 Å². The molecular weight excluding hydrogens is 330 g/mol. The van der Waals surface area contributed by atoms with Crippen LogP contribution in [0.3, 0.4) is 0 Å². The second kappa shape index (κ2) is 7.97. The number of nitro benzene ring substituents is 1. The molecule has 0 radical (unpaired) electrons. The highest BCUT2D eigenvalue weighted by Crippen LogP contribution is 2.29. The molecule has 1 atom stereocenters. The van der Waals surface area contributed by atoms with Crippen molar-refractivity contribution in [2.75, 3.05) is 44.6 Å². The second-order valence-corrected chi connectivity index (χ2v) is 6.94. The van der Waals surface area contributed by atoms with Gasteiger partial charge in [-0.25, -0.2) is 4.98 Å². The number of nitro groups is 1. The molecule has 7 heteroatoms. The standard InChI is InChI=1S/C19H27N5O2/c1-4-22-8-10-23(11-9-22)15(3)13-20-17-12-14(2)21-19-16(17)6-5-7-18(19)24(25)26/h5-7,12,15H,4,8-11,13H2,1-3H3,(H,20,21). The molecule has 140 valence electrons. The van der Waals surface area contributed by atoms with Crippen LogP contribution in [0.4, 0.5) is 11.4 Å². The predicted molar refractivity (Wildman–Crippen MR) is 105 cm³/mol. The number of piperazine rings is 1. The van der Waals surface area contributed by atoms with Crippen LogP contribution in [0.1, 0.15) is 19.5 Å². The van der Waals surface area contributed by atoms with Crippen LogP contribution in [0, 0.1) is 17.0 Å². The van der Waals surface area contributed by atoms with Gasteiger partial charge < -0.3 is 10.2 Å². The first-order chi connectivity index (χ1) is 12.5. The van der Waals surface area contributed by atoms with Gasteiger partial charge in [-0.15, -0.1) is 0 Å². The maximum atomic E-state index is 11.3. The van der Waals surface area contributed by atoms with Crippen molar-refractivity contribution < 1.29 is 4.92 Å². The van der Waals surface area contributed by atoms with E-state index < -0.39 is 0 Å². The fourth-order valence-electron chi connectivity index (χ4n) is 3.56. The lowest BCUT2D eigenvalue weighted by atomic mass is 10.1. The van der Waals surface area contributed by atoms with Crippen molar-refractivity contribution in [3.63, 3.8) is 0 Å². The Morgan fingerprint density at radius 1 is 1.31 bits per heavy atom. The van der Waals surface area contributed by atoms with Gasteiger partial charge in [-0.2, -0.15) is 0 Å². The first-order valence-corrected chi connectivity index (χ1v) is 9.24. The highest BCUT2D eigenvalue weighted by molar-refractivity contribution is 5.96. The van der Waals surface area contributed by atoms with Crippen molar-refractivity contribution in [3.8, 4) is 0 Å². The van der Waals surface area contributed by atoms with Crippen LogP contribution in [0.2, 0.25) is 0 Å². The van der Waals surface area contributed by atoms with Gasteiger partial charge in [-0.05, 0) is 26.5 Å². The van der Waals surface area contributed by atoms with Crippen LogP contribution in [0.25, 0.3) is 10.9 Å². The average Bonchev–Trinajstić information content (AvgIpc) is 2.65. The quantitative estimate of drug-likeness (QED) is 0.633. The zero-order valence-corrected chi connectivity index (χ0v) is 15.7. The highest BCUT2D eigenvalue weighted by Gasteiger charge is 2.21. The SMILES string of the molecule is CCN1CCN(C(C)CNc2cc(C)nc3c([N+](=O)[O-])cccc23)CC1. The lowest BCUT2D eigenvalue weighted by molar-refractivity contribution is -0.383. The number of para-hydroxylation sites is 1. The normalized spacial score (nSPS) is 17.3. The second-order valence-electron chi connectivity index (χ2n) is 6.94. The fourth-order valence-corrected chi connectivity index (χ4v) is 3.56. The van der Waals surface area contributed by atoms with E-state index in [2.05, 4.69) is 33.9 Å².